The van der Waals surface area contributed by atoms with Crippen molar-refractivity contribution in [2.24, 2.45) is 5.10 Å². The van der Waals surface area contributed by atoms with E-state index in [2.05, 4.69) is 73.2 Å². The molecule has 1 aromatic heterocycles. The fourth-order valence-corrected chi connectivity index (χ4v) is 4.26. The van der Waals surface area contributed by atoms with E-state index >= 15 is 0 Å². The zero-order valence-corrected chi connectivity index (χ0v) is 17.0. The Kier molecular flexibility index (Phi) is 5.36. The van der Waals surface area contributed by atoms with Gasteiger partial charge in [0.05, 0.1) is 11.1 Å². The highest BCUT2D eigenvalue weighted by Crippen LogP contribution is 2.44. The fourth-order valence-electron chi connectivity index (χ4n) is 4.26. The molecule has 1 N–H and O–H groups in total. The summed E-state index contributed by atoms with van der Waals surface area (Å²) in [6, 6.07) is 9.80. The van der Waals surface area contributed by atoms with Gasteiger partial charge in [0.25, 0.3) is 5.69 Å². The molecule has 0 fully saturated rings. The van der Waals surface area contributed by atoms with Gasteiger partial charge in [-0.15, -0.1) is 0 Å². The van der Waals surface area contributed by atoms with E-state index in [1.165, 1.54) is 29.6 Å². The Morgan fingerprint density at radius 2 is 2.11 bits per heavy atom. The lowest BCUT2D eigenvalue weighted by atomic mass is 9.79. The monoisotopic (exact) mass is 381 g/mol. The standard InChI is InChI=1S/C21H27N5O2/c1-14(2)25-19-8-6-16(10-18(19)15(3)11-21(25,4)5)12-23-24-20-9-7-17(13-22-20)26(27)28/h6-10,12-15H,11H2,1-5H3,(H,22,24)/b23-12-/t15-/m0/s1. The third-order valence-electron chi connectivity index (χ3n) is 5.17. The van der Waals surface area contributed by atoms with E-state index in [0.29, 0.717) is 17.8 Å². The van der Waals surface area contributed by atoms with Gasteiger partial charge in [-0.1, -0.05) is 13.0 Å². The molecule has 3 rings (SSSR count). The molecule has 28 heavy (non-hydrogen) atoms. The average Bonchev–Trinajstić information content (AvgIpc) is 2.61. The normalized spacial score (nSPS) is 18.4. The number of hydrogen-bond donors (Lipinski definition) is 1. The van der Waals surface area contributed by atoms with Crippen LogP contribution in [0.1, 0.15) is 58.1 Å². The van der Waals surface area contributed by atoms with Gasteiger partial charge in [0.1, 0.15) is 12.0 Å². The lowest BCUT2D eigenvalue weighted by molar-refractivity contribution is -0.385. The first kappa shape index (κ1) is 19.8. The van der Waals surface area contributed by atoms with Crippen LogP contribution in [0.3, 0.4) is 0 Å². The van der Waals surface area contributed by atoms with E-state index in [9.17, 15) is 10.1 Å². The maximum absolute atomic E-state index is 10.7. The molecule has 0 spiro atoms. The minimum Gasteiger partial charge on any atom is -0.364 e. The summed E-state index contributed by atoms with van der Waals surface area (Å²) in [5.74, 6) is 0.929. The van der Waals surface area contributed by atoms with Crippen molar-refractivity contribution in [1.29, 1.82) is 0 Å². The molecule has 0 saturated heterocycles. The Morgan fingerprint density at radius 3 is 2.71 bits per heavy atom. The molecule has 2 aromatic rings. The number of fused-ring (bicyclic) bond motifs is 1. The van der Waals surface area contributed by atoms with Crippen molar-refractivity contribution in [2.75, 3.05) is 10.3 Å². The number of nitrogens with one attached hydrogen (secondary N) is 1. The van der Waals surface area contributed by atoms with Crippen LogP contribution in [-0.2, 0) is 0 Å². The number of anilines is 2. The van der Waals surface area contributed by atoms with Gasteiger partial charge < -0.3 is 4.90 Å². The first-order valence-electron chi connectivity index (χ1n) is 9.52. The van der Waals surface area contributed by atoms with Crippen molar-refractivity contribution in [2.45, 2.75) is 58.5 Å². The quantitative estimate of drug-likeness (QED) is 0.451. The van der Waals surface area contributed by atoms with Crippen LogP contribution >= 0.6 is 0 Å². The molecule has 7 heteroatoms. The maximum atomic E-state index is 10.7. The van der Waals surface area contributed by atoms with E-state index in [-0.39, 0.29) is 11.2 Å². The SMILES string of the molecule is CC(C)N1c2ccc(/C=N\Nc3ccc([N+](=O)[O-])cn3)cc2[C@@H](C)CC1(C)C. The van der Waals surface area contributed by atoms with Gasteiger partial charge in [-0.05, 0) is 69.4 Å². The maximum Gasteiger partial charge on any atom is 0.287 e. The Bertz CT molecular complexity index is 890. The number of hydrogen-bond acceptors (Lipinski definition) is 6. The number of aromatic nitrogens is 1. The Hall–Kier alpha value is -2.96. The molecule has 1 atom stereocenters. The van der Waals surface area contributed by atoms with Crippen LogP contribution in [0, 0.1) is 10.1 Å². The van der Waals surface area contributed by atoms with Crippen molar-refractivity contribution in [3.63, 3.8) is 0 Å². The highest BCUT2D eigenvalue weighted by Gasteiger charge is 2.37. The zero-order valence-electron chi connectivity index (χ0n) is 17.0. The second kappa shape index (κ2) is 7.58. The smallest absolute Gasteiger partial charge is 0.287 e. The molecule has 0 amide bonds. The lowest BCUT2D eigenvalue weighted by Crippen LogP contribution is -2.51. The van der Waals surface area contributed by atoms with E-state index in [1.54, 1.807) is 6.21 Å². The first-order valence-corrected chi connectivity index (χ1v) is 9.52. The van der Waals surface area contributed by atoms with Crippen molar-refractivity contribution in [3.05, 3.63) is 57.8 Å². The second-order valence-corrected chi connectivity index (χ2v) is 8.23. The molecule has 148 valence electrons. The molecule has 0 aliphatic carbocycles. The molecule has 1 aliphatic heterocycles. The van der Waals surface area contributed by atoms with Crippen LogP contribution in [0.4, 0.5) is 17.2 Å². The van der Waals surface area contributed by atoms with Gasteiger partial charge in [0.15, 0.2) is 0 Å². The third-order valence-corrected chi connectivity index (χ3v) is 5.17. The van der Waals surface area contributed by atoms with Gasteiger partial charge in [0, 0.05) is 23.3 Å². The molecule has 1 aliphatic rings. The second-order valence-electron chi connectivity index (χ2n) is 8.23. The van der Waals surface area contributed by atoms with Gasteiger partial charge >= 0.3 is 0 Å². The number of nitrogens with zero attached hydrogens (tertiary/aromatic N) is 4. The predicted octanol–water partition coefficient (Wildman–Crippen LogP) is 4.94. The first-order chi connectivity index (χ1) is 13.2. The molecule has 0 saturated carbocycles. The van der Waals surface area contributed by atoms with Gasteiger partial charge in [-0.2, -0.15) is 5.10 Å². The highest BCUT2D eigenvalue weighted by atomic mass is 16.6. The number of rotatable bonds is 5. The number of benzene rings is 1. The molecule has 7 nitrogen and oxygen atoms in total. The summed E-state index contributed by atoms with van der Waals surface area (Å²) in [5.41, 5.74) is 6.53. The number of nitro groups is 1. The van der Waals surface area contributed by atoms with Gasteiger partial charge in [0.2, 0.25) is 0 Å². The van der Waals surface area contributed by atoms with Crippen LogP contribution in [0.25, 0.3) is 0 Å². The van der Waals surface area contributed by atoms with E-state index in [0.717, 1.165) is 12.0 Å². The lowest BCUT2D eigenvalue weighted by Gasteiger charge is -2.50. The third kappa shape index (κ3) is 3.98. The van der Waals surface area contributed by atoms with Gasteiger partial charge in [-0.3, -0.25) is 15.5 Å². The summed E-state index contributed by atoms with van der Waals surface area (Å²) >= 11 is 0. The number of hydrazone groups is 1. The summed E-state index contributed by atoms with van der Waals surface area (Å²) in [7, 11) is 0. The Balaban J connectivity index is 1.79. The largest absolute Gasteiger partial charge is 0.364 e. The minimum atomic E-state index is -0.476. The van der Waals surface area contributed by atoms with E-state index < -0.39 is 4.92 Å². The topological polar surface area (TPSA) is 83.7 Å². The zero-order chi connectivity index (χ0) is 20.5. The summed E-state index contributed by atoms with van der Waals surface area (Å²) in [6.45, 7) is 11.4. The molecule has 1 aromatic carbocycles. The van der Waals surface area contributed by atoms with Crippen LogP contribution in [0.5, 0.6) is 0 Å². The van der Waals surface area contributed by atoms with Gasteiger partial charge in [-0.25, -0.2) is 4.98 Å². The van der Waals surface area contributed by atoms with E-state index in [4.69, 9.17) is 0 Å². The molecule has 2 heterocycles. The molecule has 0 radical (unpaired) electrons. The number of pyridine rings is 1. The van der Waals surface area contributed by atoms with Crippen LogP contribution in [0.2, 0.25) is 0 Å². The Morgan fingerprint density at radius 1 is 1.36 bits per heavy atom. The van der Waals surface area contributed by atoms with Crippen LogP contribution in [-0.4, -0.2) is 27.7 Å². The summed E-state index contributed by atoms with van der Waals surface area (Å²) in [6.07, 6.45) is 4.06. The van der Waals surface area contributed by atoms with Crippen molar-refractivity contribution in [3.8, 4) is 0 Å². The molecule has 0 unspecified atom stereocenters. The molecular formula is C21H27N5O2. The Labute approximate surface area is 165 Å². The predicted molar refractivity (Wildman–Crippen MR) is 113 cm³/mol. The van der Waals surface area contributed by atoms with Crippen LogP contribution < -0.4 is 10.3 Å². The highest BCUT2D eigenvalue weighted by molar-refractivity contribution is 5.82. The average molecular weight is 381 g/mol. The summed E-state index contributed by atoms with van der Waals surface area (Å²) in [5, 5.41) is 14.9. The summed E-state index contributed by atoms with van der Waals surface area (Å²) < 4.78 is 0. The van der Waals surface area contributed by atoms with E-state index in [1.807, 2.05) is 0 Å². The summed E-state index contributed by atoms with van der Waals surface area (Å²) in [4.78, 5) is 16.7. The van der Waals surface area contributed by atoms with Crippen molar-refractivity contribution >= 4 is 23.4 Å². The molecular weight excluding hydrogens is 354 g/mol. The molecule has 0 bridgehead atoms. The van der Waals surface area contributed by atoms with Crippen LogP contribution in [0.15, 0.2) is 41.6 Å². The fraction of sp³-hybridized carbons (Fsp3) is 0.429. The minimum absolute atomic E-state index is 0.0455. The van der Waals surface area contributed by atoms with Crippen molar-refractivity contribution < 1.29 is 4.92 Å². The van der Waals surface area contributed by atoms with Crippen molar-refractivity contribution in [1.82, 2.24) is 4.98 Å².